The Morgan fingerprint density at radius 3 is 2.33 bits per heavy atom. The van der Waals surface area contributed by atoms with E-state index >= 15 is 0 Å². The maximum Gasteiger partial charge on any atom is 0.416 e. The summed E-state index contributed by atoms with van der Waals surface area (Å²) in [7, 11) is 0. The second-order valence-electron chi connectivity index (χ2n) is 5.09. The molecular formula is C16H19F3OS. The second-order valence-corrected chi connectivity index (χ2v) is 5.71. The normalized spacial score (nSPS) is 12.8. The van der Waals surface area contributed by atoms with Crippen molar-refractivity contribution in [3.63, 3.8) is 0 Å². The molecule has 116 valence electrons. The summed E-state index contributed by atoms with van der Waals surface area (Å²) < 4.78 is 42.7. The van der Waals surface area contributed by atoms with Gasteiger partial charge in [0.25, 0.3) is 0 Å². The number of ether oxygens (including phenoxy) is 1. The fourth-order valence-corrected chi connectivity index (χ4v) is 1.58. The fourth-order valence-electron chi connectivity index (χ4n) is 1.43. The Bertz CT molecular complexity index is 511. The van der Waals surface area contributed by atoms with Gasteiger partial charge in [-0.15, -0.1) is 5.73 Å². The Labute approximate surface area is 128 Å². The molecule has 21 heavy (non-hydrogen) atoms. The first-order valence-corrected chi connectivity index (χ1v) is 7.13. The van der Waals surface area contributed by atoms with E-state index in [1.54, 1.807) is 0 Å². The molecule has 0 bridgehead atoms. The first kappa shape index (κ1) is 17.7. The molecule has 5 heteroatoms. The summed E-state index contributed by atoms with van der Waals surface area (Å²) in [6, 6.07) is 4.63. The lowest BCUT2D eigenvalue weighted by Gasteiger charge is -2.13. The quantitative estimate of drug-likeness (QED) is 0.584. The van der Waals surface area contributed by atoms with E-state index in [-0.39, 0.29) is 11.9 Å². The van der Waals surface area contributed by atoms with Crippen LogP contribution in [0, 0.1) is 5.92 Å². The van der Waals surface area contributed by atoms with Crippen molar-refractivity contribution in [3.8, 4) is 5.75 Å². The average molecular weight is 316 g/mol. The van der Waals surface area contributed by atoms with Gasteiger partial charge in [0.05, 0.1) is 10.8 Å². The summed E-state index contributed by atoms with van der Waals surface area (Å²) in [6.07, 6.45) is -2.39. The van der Waals surface area contributed by atoms with Gasteiger partial charge in [-0.3, -0.25) is 0 Å². The number of hydrogen-bond donors (Lipinski definition) is 1. The zero-order valence-corrected chi connectivity index (χ0v) is 13.1. The SMILES string of the molecule is CC(=C=CC(C)C)C(S)COc1ccc(C(F)(F)F)cc1. The van der Waals surface area contributed by atoms with Crippen LogP contribution in [0.15, 0.2) is 41.6 Å². The largest absolute Gasteiger partial charge is 0.492 e. The number of rotatable bonds is 5. The van der Waals surface area contributed by atoms with Gasteiger partial charge >= 0.3 is 6.18 Å². The lowest BCUT2D eigenvalue weighted by Crippen LogP contribution is -2.13. The molecule has 0 radical (unpaired) electrons. The van der Waals surface area contributed by atoms with Crippen LogP contribution >= 0.6 is 12.6 Å². The summed E-state index contributed by atoms with van der Waals surface area (Å²) in [5.74, 6) is 0.791. The van der Waals surface area contributed by atoms with Crippen LogP contribution in [0.5, 0.6) is 5.75 Å². The van der Waals surface area contributed by atoms with Crippen LogP contribution in [0.2, 0.25) is 0 Å². The number of halogens is 3. The lowest BCUT2D eigenvalue weighted by molar-refractivity contribution is -0.137. The Hall–Kier alpha value is -1.32. The monoisotopic (exact) mass is 316 g/mol. The molecule has 0 heterocycles. The molecule has 0 aliphatic heterocycles. The van der Waals surface area contributed by atoms with Gasteiger partial charge in [-0.05, 0) is 48.8 Å². The Balaban J connectivity index is 2.61. The predicted octanol–water partition coefficient (Wildman–Crippen LogP) is 5.14. The van der Waals surface area contributed by atoms with Gasteiger partial charge in [0.15, 0.2) is 0 Å². The van der Waals surface area contributed by atoms with E-state index in [1.165, 1.54) is 12.1 Å². The molecule has 0 amide bonds. The van der Waals surface area contributed by atoms with Crippen LogP contribution in [0.3, 0.4) is 0 Å². The fraction of sp³-hybridized carbons (Fsp3) is 0.438. The van der Waals surface area contributed by atoms with E-state index in [0.29, 0.717) is 11.7 Å². The van der Waals surface area contributed by atoms with E-state index in [9.17, 15) is 13.2 Å². The van der Waals surface area contributed by atoms with Gasteiger partial charge in [-0.1, -0.05) is 13.8 Å². The zero-order valence-electron chi connectivity index (χ0n) is 12.2. The summed E-state index contributed by atoms with van der Waals surface area (Å²) in [6.45, 7) is 6.27. The molecule has 0 aliphatic carbocycles. The molecule has 1 nitrogen and oxygen atoms in total. The van der Waals surface area contributed by atoms with Crippen molar-refractivity contribution in [1.82, 2.24) is 0 Å². The minimum atomic E-state index is -4.33. The molecule has 0 saturated carbocycles. The van der Waals surface area contributed by atoms with Crippen LogP contribution in [0.4, 0.5) is 13.2 Å². The van der Waals surface area contributed by atoms with E-state index in [1.807, 2.05) is 26.8 Å². The maximum atomic E-state index is 12.4. The highest BCUT2D eigenvalue weighted by molar-refractivity contribution is 7.81. The van der Waals surface area contributed by atoms with Crippen molar-refractivity contribution in [3.05, 3.63) is 47.2 Å². The number of hydrogen-bond acceptors (Lipinski definition) is 2. The van der Waals surface area contributed by atoms with E-state index in [2.05, 4.69) is 18.4 Å². The molecule has 0 spiro atoms. The minimum absolute atomic E-state index is 0.151. The van der Waals surface area contributed by atoms with Gasteiger partial charge in [-0.25, -0.2) is 0 Å². The third-order valence-electron chi connectivity index (χ3n) is 2.73. The average Bonchev–Trinajstić information content (AvgIpc) is 2.41. The topological polar surface area (TPSA) is 9.23 Å². The van der Waals surface area contributed by atoms with E-state index < -0.39 is 11.7 Å². The van der Waals surface area contributed by atoms with Gasteiger partial charge in [0.2, 0.25) is 0 Å². The van der Waals surface area contributed by atoms with Crippen LogP contribution in [-0.4, -0.2) is 11.9 Å². The van der Waals surface area contributed by atoms with Crippen LogP contribution < -0.4 is 4.74 Å². The smallest absolute Gasteiger partial charge is 0.416 e. The molecule has 1 unspecified atom stereocenters. The summed E-state index contributed by atoms with van der Waals surface area (Å²) in [5.41, 5.74) is 3.38. The molecule has 1 aromatic carbocycles. The molecule has 1 atom stereocenters. The van der Waals surface area contributed by atoms with Gasteiger partial charge in [0.1, 0.15) is 12.4 Å². The first-order chi connectivity index (χ1) is 9.70. The van der Waals surface area contributed by atoms with Crippen molar-refractivity contribution in [2.24, 2.45) is 5.92 Å². The second kappa shape index (κ2) is 7.62. The lowest BCUT2D eigenvalue weighted by atomic mass is 10.1. The summed E-state index contributed by atoms with van der Waals surface area (Å²) >= 11 is 4.40. The van der Waals surface area contributed by atoms with Crippen LogP contribution in [0.25, 0.3) is 0 Å². The number of alkyl halides is 3. The molecule has 1 rings (SSSR count). The minimum Gasteiger partial charge on any atom is -0.492 e. The first-order valence-electron chi connectivity index (χ1n) is 6.61. The zero-order chi connectivity index (χ0) is 16.0. The van der Waals surface area contributed by atoms with E-state index in [0.717, 1.165) is 17.7 Å². The summed E-state index contributed by atoms with van der Waals surface area (Å²) in [5, 5.41) is -0.151. The molecule has 1 aromatic rings. The Morgan fingerprint density at radius 1 is 1.29 bits per heavy atom. The van der Waals surface area contributed by atoms with Crippen molar-refractivity contribution < 1.29 is 17.9 Å². The number of benzene rings is 1. The third-order valence-corrected chi connectivity index (χ3v) is 3.27. The molecule has 0 aromatic heterocycles. The molecule has 0 aliphatic rings. The van der Waals surface area contributed by atoms with Gasteiger partial charge in [0, 0.05) is 0 Å². The third kappa shape index (κ3) is 6.32. The van der Waals surface area contributed by atoms with Gasteiger partial charge in [-0.2, -0.15) is 25.8 Å². The highest BCUT2D eigenvalue weighted by Gasteiger charge is 2.30. The van der Waals surface area contributed by atoms with Crippen molar-refractivity contribution in [2.75, 3.05) is 6.61 Å². The van der Waals surface area contributed by atoms with Crippen molar-refractivity contribution >= 4 is 12.6 Å². The number of thiol groups is 1. The molecule has 0 saturated heterocycles. The van der Waals surface area contributed by atoms with Crippen molar-refractivity contribution in [1.29, 1.82) is 0 Å². The molecule has 0 fully saturated rings. The standard InChI is InChI=1S/C16H19F3OS/c1-11(2)4-5-12(3)15(21)10-20-14-8-6-13(7-9-14)16(17,18)19/h4,6-9,11,15,21H,10H2,1-3H3. The van der Waals surface area contributed by atoms with Crippen molar-refractivity contribution in [2.45, 2.75) is 32.2 Å². The van der Waals surface area contributed by atoms with Crippen LogP contribution in [0.1, 0.15) is 26.3 Å². The molecular weight excluding hydrogens is 297 g/mol. The van der Waals surface area contributed by atoms with E-state index in [4.69, 9.17) is 4.74 Å². The van der Waals surface area contributed by atoms with Gasteiger partial charge < -0.3 is 4.74 Å². The summed E-state index contributed by atoms with van der Waals surface area (Å²) in [4.78, 5) is 0. The Kier molecular flexibility index (Phi) is 6.43. The highest BCUT2D eigenvalue weighted by Crippen LogP contribution is 2.30. The molecule has 0 N–H and O–H groups in total. The predicted molar refractivity (Wildman–Crippen MR) is 81.8 cm³/mol. The maximum absolute atomic E-state index is 12.4. The van der Waals surface area contributed by atoms with Crippen LogP contribution in [-0.2, 0) is 6.18 Å². The highest BCUT2D eigenvalue weighted by atomic mass is 32.1. The Morgan fingerprint density at radius 2 is 1.86 bits per heavy atom.